The molecule has 0 atom stereocenters. The summed E-state index contributed by atoms with van der Waals surface area (Å²) in [6.45, 7) is 9.22. The summed E-state index contributed by atoms with van der Waals surface area (Å²) in [6.07, 6.45) is 0. The highest BCUT2D eigenvalue weighted by Gasteiger charge is 2.46. The summed E-state index contributed by atoms with van der Waals surface area (Å²) in [4.78, 5) is 7.55. The zero-order chi connectivity index (χ0) is 43.6. The minimum atomic E-state index is -0.0798. The van der Waals surface area contributed by atoms with Crippen molar-refractivity contribution in [2.75, 3.05) is 16.6 Å². The molecule has 7 heteroatoms. The topological polar surface area (TPSA) is 24.9 Å². The molecule has 13 rings (SSSR count). The highest BCUT2D eigenvalue weighted by atomic mass is 32.1. The highest BCUT2D eigenvalue weighted by molar-refractivity contribution is 7.22. The van der Waals surface area contributed by atoms with E-state index in [0.717, 1.165) is 34.2 Å². The van der Waals surface area contributed by atoms with E-state index in [1.54, 1.807) is 0 Å². The first-order chi connectivity index (χ1) is 31.7. The third kappa shape index (κ3) is 6.10. The van der Waals surface area contributed by atoms with Gasteiger partial charge in [0.1, 0.15) is 0 Å². The Kier molecular flexibility index (Phi) is 8.56. The standard InChI is InChI=1S/C58H43BN2O2S2/c1-35-27-48-55-49(28-35)61(46-25-22-41(58(2,3)4)33-43(46)36-13-6-5-7-14-36)56-45(24-26-50-57(56)63-34-62-50)59(55)44-23-21-40(54-32-39-16-9-11-20-52(39)65-54)30-47(44)60(48)42-18-12-17-37(29-42)53-31-38-15-8-10-19-51(38)64-53/h5-33H,34H2,1-4H3. The molecule has 0 radical (unpaired) electrons. The second kappa shape index (κ2) is 14.5. The molecule has 0 saturated carbocycles. The van der Waals surface area contributed by atoms with Crippen LogP contribution in [0.2, 0.25) is 0 Å². The van der Waals surface area contributed by atoms with Crippen molar-refractivity contribution in [3.63, 3.8) is 0 Å². The second-order valence-electron chi connectivity index (χ2n) is 18.5. The van der Waals surface area contributed by atoms with Crippen LogP contribution in [0.15, 0.2) is 176 Å². The van der Waals surface area contributed by atoms with Crippen molar-refractivity contribution in [2.24, 2.45) is 0 Å². The van der Waals surface area contributed by atoms with Crippen LogP contribution in [0.4, 0.5) is 34.1 Å². The lowest BCUT2D eigenvalue weighted by molar-refractivity contribution is 0.174. The summed E-state index contributed by atoms with van der Waals surface area (Å²) in [5.41, 5.74) is 17.7. The first-order valence-electron chi connectivity index (χ1n) is 22.3. The number of fused-ring (bicyclic) bond motifs is 8. The van der Waals surface area contributed by atoms with Crippen LogP contribution in [-0.2, 0) is 5.41 Å². The maximum Gasteiger partial charge on any atom is 0.252 e. The number of hydrogen-bond acceptors (Lipinski definition) is 6. The summed E-state index contributed by atoms with van der Waals surface area (Å²) in [5, 5.41) is 2.54. The fourth-order valence-corrected chi connectivity index (χ4v) is 12.5. The largest absolute Gasteiger partial charge is 0.454 e. The Labute approximate surface area is 387 Å². The molecule has 5 heterocycles. The molecular weight excluding hydrogens is 832 g/mol. The van der Waals surface area contributed by atoms with Gasteiger partial charge >= 0.3 is 0 Å². The molecule has 0 bridgehead atoms. The fraction of sp³-hybridized carbons (Fsp3) is 0.103. The monoisotopic (exact) mass is 874 g/mol. The summed E-state index contributed by atoms with van der Waals surface area (Å²) >= 11 is 3.71. The molecule has 65 heavy (non-hydrogen) atoms. The first-order valence-corrected chi connectivity index (χ1v) is 24.0. The van der Waals surface area contributed by atoms with Crippen LogP contribution in [-0.4, -0.2) is 13.5 Å². The van der Waals surface area contributed by atoms with Crippen LogP contribution in [0.25, 0.3) is 52.2 Å². The van der Waals surface area contributed by atoms with Gasteiger partial charge < -0.3 is 19.3 Å². The van der Waals surface area contributed by atoms with Gasteiger partial charge in [0.25, 0.3) is 6.71 Å². The van der Waals surface area contributed by atoms with E-state index in [1.165, 1.54) is 91.1 Å². The zero-order valence-corrected chi connectivity index (χ0v) is 38.2. The summed E-state index contributed by atoms with van der Waals surface area (Å²) < 4.78 is 15.3. The van der Waals surface area contributed by atoms with Crippen molar-refractivity contribution in [1.82, 2.24) is 0 Å². The van der Waals surface area contributed by atoms with Gasteiger partial charge in [0.15, 0.2) is 11.5 Å². The molecule has 3 aliphatic heterocycles. The van der Waals surface area contributed by atoms with Crippen LogP contribution in [0, 0.1) is 6.92 Å². The number of hydrogen-bond donors (Lipinski definition) is 0. The predicted octanol–water partition coefficient (Wildman–Crippen LogP) is 14.5. The lowest BCUT2D eigenvalue weighted by Crippen LogP contribution is -2.61. The fourth-order valence-electron chi connectivity index (χ4n) is 10.3. The third-order valence-corrected chi connectivity index (χ3v) is 15.8. The van der Waals surface area contributed by atoms with E-state index < -0.39 is 0 Å². The molecule has 0 spiro atoms. The second-order valence-corrected chi connectivity index (χ2v) is 20.7. The van der Waals surface area contributed by atoms with Crippen molar-refractivity contribution in [3.05, 3.63) is 187 Å². The van der Waals surface area contributed by atoms with Gasteiger partial charge in [-0.25, -0.2) is 0 Å². The number of aryl methyl sites for hydroxylation is 1. The van der Waals surface area contributed by atoms with E-state index in [1.807, 2.05) is 22.7 Å². The normalized spacial score (nSPS) is 13.6. The number of benzene rings is 8. The maximum absolute atomic E-state index is 6.55. The number of nitrogens with zero attached hydrogens (tertiary/aromatic N) is 2. The Bertz CT molecular complexity index is 3500. The summed E-state index contributed by atoms with van der Waals surface area (Å²) in [7, 11) is 0. The molecule has 0 N–H and O–H groups in total. The van der Waals surface area contributed by atoms with Crippen LogP contribution in [0.5, 0.6) is 11.5 Å². The Morgan fingerprint density at radius 3 is 1.91 bits per heavy atom. The van der Waals surface area contributed by atoms with Crippen LogP contribution in [0.3, 0.4) is 0 Å². The molecule has 3 aliphatic rings. The van der Waals surface area contributed by atoms with Gasteiger partial charge in [0, 0.05) is 47.5 Å². The van der Waals surface area contributed by atoms with E-state index in [-0.39, 0.29) is 18.9 Å². The van der Waals surface area contributed by atoms with E-state index in [2.05, 4.69) is 213 Å². The Morgan fingerprint density at radius 1 is 0.523 bits per heavy atom. The van der Waals surface area contributed by atoms with Crippen LogP contribution < -0.4 is 35.7 Å². The summed E-state index contributed by atoms with van der Waals surface area (Å²) in [6, 6.07) is 65.5. The van der Waals surface area contributed by atoms with Crippen LogP contribution in [0.1, 0.15) is 31.9 Å². The highest BCUT2D eigenvalue weighted by Crippen LogP contribution is 2.53. The SMILES string of the molecule is Cc1cc2c3c(c1)N(c1ccc(C(C)(C)C)cc1-c1ccccc1)c1c(ccc4c1OCO4)B3c1ccc(-c3cc4ccccc4s3)cc1N2c1cccc(-c2cc3ccccc3s2)c1. The number of anilines is 6. The first kappa shape index (κ1) is 38.4. The molecule has 8 aromatic carbocycles. The van der Waals surface area contributed by atoms with Gasteiger partial charge in [-0.2, -0.15) is 0 Å². The molecule has 0 aliphatic carbocycles. The van der Waals surface area contributed by atoms with E-state index in [9.17, 15) is 0 Å². The van der Waals surface area contributed by atoms with Crippen molar-refractivity contribution < 1.29 is 9.47 Å². The van der Waals surface area contributed by atoms with E-state index >= 15 is 0 Å². The van der Waals surface area contributed by atoms with Gasteiger partial charge in [-0.1, -0.05) is 124 Å². The van der Waals surface area contributed by atoms with Gasteiger partial charge in [-0.05, 0) is 140 Å². The Hall–Kier alpha value is -7.06. The Balaban J connectivity index is 1.10. The van der Waals surface area contributed by atoms with Gasteiger partial charge in [-0.15, -0.1) is 22.7 Å². The van der Waals surface area contributed by atoms with Gasteiger partial charge in [0.2, 0.25) is 6.79 Å². The smallest absolute Gasteiger partial charge is 0.252 e. The van der Waals surface area contributed by atoms with E-state index in [0.29, 0.717) is 0 Å². The molecule has 0 fully saturated rings. The number of rotatable bonds is 5. The molecule has 0 amide bonds. The molecule has 0 saturated heterocycles. The van der Waals surface area contributed by atoms with Gasteiger partial charge in [-0.3, -0.25) is 0 Å². The average Bonchev–Trinajstić information content (AvgIpc) is 4.10. The zero-order valence-electron chi connectivity index (χ0n) is 36.6. The quantitative estimate of drug-likeness (QED) is 0.161. The predicted molar refractivity (Wildman–Crippen MR) is 277 cm³/mol. The maximum atomic E-state index is 6.55. The average molecular weight is 875 g/mol. The van der Waals surface area contributed by atoms with Gasteiger partial charge in [0.05, 0.1) is 11.4 Å². The molecule has 2 aromatic heterocycles. The number of thiophene rings is 2. The molecule has 10 aromatic rings. The van der Waals surface area contributed by atoms with Crippen molar-refractivity contribution in [1.29, 1.82) is 0 Å². The van der Waals surface area contributed by atoms with Crippen molar-refractivity contribution in [2.45, 2.75) is 33.1 Å². The molecule has 0 unspecified atom stereocenters. The van der Waals surface area contributed by atoms with Crippen molar-refractivity contribution >= 4 is 100 Å². The summed E-state index contributed by atoms with van der Waals surface area (Å²) in [5.74, 6) is 1.56. The minimum absolute atomic E-state index is 0.0447. The lowest BCUT2D eigenvalue weighted by atomic mass is 9.33. The molecule has 312 valence electrons. The minimum Gasteiger partial charge on any atom is -0.454 e. The molecular formula is C58H43BN2O2S2. The lowest BCUT2D eigenvalue weighted by Gasteiger charge is -2.45. The number of ether oxygens (including phenoxy) is 2. The third-order valence-electron chi connectivity index (χ3n) is 13.4. The van der Waals surface area contributed by atoms with Crippen molar-refractivity contribution in [3.8, 4) is 43.5 Å². The van der Waals surface area contributed by atoms with Crippen LogP contribution >= 0.6 is 22.7 Å². The molecule has 4 nitrogen and oxygen atoms in total. The Morgan fingerprint density at radius 2 is 1.18 bits per heavy atom. The van der Waals surface area contributed by atoms with E-state index in [4.69, 9.17) is 9.47 Å².